The third-order valence-corrected chi connectivity index (χ3v) is 4.00. The lowest BCUT2D eigenvalue weighted by Gasteiger charge is -2.30. The summed E-state index contributed by atoms with van der Waals surface area (Å²) in [4.78, 5) is 16.7. The van der Waals surface area contributed by atoms with Crippen molar-refractivity contribution >= 4 is 5.91 Å². The Labute approximate surface area is 120 Å². The minimum Gasteiger partial charge on any atom is -0.379 e. The van der Waals surface area contributed by atoms with Gasteiger partial charge in [-0.05, 0) is 13.0 Å². The van der Waals surface area contributed by atoms with E-state index in [4.69, 9.17) is 10.00 Å². The molecule has 2 aliphatic rings. The first-order valence-corrected chi connectivity index (χ1v) is 7.48. The molecule has 1 amide bonds. The summed E-state index contributed by atoms with van der Waals surface area (Å²) in [6, 6.07) is 2.14. The van der Waals surface area contributed by atoms with Crippen molar-refractivity contribution in [3.05, 3.63) is 0 Å². The Balaban J connectivity index is 1.82. The van der Waals surface area contributed by atoms with Gasteiger partial charge in [0.25, 0.3) is 0 Å². The highest BCUT2D eigenvalue weighted by Gasteiger charge is 2.27. The summed E-state index contributed by atoms with van der Waals surface area (Å²) in [7, 11) is 0. The summed E-state index contributed by atoms with van der Waals surface area (Å²) in [5.41, 5.74) is 0. The molecule has 112 valence electrons. The quantitative estimate of drug-likeness (QED) is 0.721. The molecular formula is C14H24N4O2. The van der Waals surface area contributed by atoms with E-state index in [1.165, 1.54) is 0 Å². The first kappa shape index (κ1) is 15.2. The number of morpholine rings is 1. The zero-order valence-corrected chi connectivity index (χ0v) is 12.0. The molecule has 2 heterocycles. The maximum absolute atomic E-state index is 12.5. The van der Waals surface area contributed by atoms with Crippen LogP contribution in [0.15, 0.2) is 0 Å². The van der Waals surface area contributed by atoms with E-state index < -0.39 is 0 Å². The second kappa shape index (κ2) is 8.20. The van der Waals surface area contributed by atoms with E-state index in [-0.39, 0.29) is 11.8 Å². The number of hydrogen-bond acceptors (Lipinski definition) is 5. The molecule has 2 saturated heterocycles. The number of rotatable bonds is 6. The van der Waals surface area contributed by atoms with Crippen LogP contribution in [0.3, 0.4) is 0 Å². The van der Waals surface area contributed by atoms with E-state index in [1.54, 1.807) is 0 Å². The number of amides is 1. The van der Waals surface area contributed by atoms with Crippen molar-refractivity contribution in [2.45, 2.75) is 12.8 Å². The number of carbonyl (C=O) groups is 1. The Morgan fingerprint density at radius 2 is 2.20 bits per heavy atom. The van der Waals surface area contributed by atoms with Gasteiger partial charge in [0.15, 0.2) is 0 Å². The molecule has 2 fully saturated rings. The van der Waals surface area contributed by atoms with Gasteiger partial charge in [0.1, 0.15) is 0 Å². The summed E-state index contributed by atoms with van der Waals surface area (Å²) >= 11 is 0. The molecule has 2 aliphatic heterocycles. The Hall–Kier alpha value is -1.16. The van der Waals surface area contributed by atoms with Crippen LogP contribution in [0.5, 0.6) is 0 Å². The monoisotopic (exact) mass is 280 g/mol. The van der Waals surface area contributed by atoms with Crippen LogP contribution in [0.4, 0.5) is 0 Å². The zero-order chi connectivity index (χ0) is 14.2. The van der Waals surface area contributed by atoms with Crippen LogP contribution in [0.25, 0.3) is 0 Å². The van der Waals surface area contributed by atoms with Crippen molar-refractivity contribution in [3.8, 4) is 6.07 Å². The highest BCUT2D eigenvalue weighted by atomic mass is 16.5. The molecule has 2 rings (SSSR count). The zero-order valence-electron chi connectivity index (χ0n) is 12.0. The maximum atomic E-state index is 12.5. The van der Waals surface area contributed by atoms with Gasteiger partial charge in [0.2, 0.25) is 5.91 Å². The molecule has 6 nitrogen and oxygen atoms in total. The summed E-state index contributed by atoms with van der Waals surface area (Å²) in [6.45, 7) is 7.27. The van der Waals surface area contributed by atoms with Crippen LogP contribution in [-0.2, 0) is 9.53 Å². The molecule has 20 heavy (non-hydrogen) atoms. The summed E-state index contributed by atoms with van der Waals surface area (Å²) < 4.78 is 5.33. The third kappa shape index (κ3) is 4.44. The predicted octanol–water partition coefficient (Wildman–Crippen LogP) is -0.330. The van der Waals surface area contributed by atoms with Gasteiger partial charge in [0.05, 0.1) is 31.6 Å². The van der Waals surface area contributed by atoms with Gasteiger partial charge in [0, 0.05) is 39.3 Å². The van der Waals surface area contributed by atoms with Crippen LogP contribution in [0, 0.1) is 17.2 Å². The number of nitrogens with zero attached hydrogens (tertiary/aromatic N) is 3. The van der Waals surface area contributed by atoms with E-state index >= 15 is 0 Å². The van der Waals surface area contributed by atoms with Gasteiger partial charge < -0.3 is 15.0 Å². The van der Waals surface area contributed by atoms with Crippen LogP contribution in [0.2, 0.25) is 0 Å². The van der Waals surface area contributed by atoms with Crippen LogP contribution < -0.4 is 5.32 Å². The summed E-state index contributed by atoms with van der Waals surface area (Å²) in [5.74, 6) is 0.303. The minimum absolute atomic E-state index is 0.0957. The standard InChI is InChI=1S/C14H24N4O2/c15-3-1-5-18(14(19)13-2-4-16-12-13)7-6-17-8-10-20-11-9-17/h13,16H,1-2,4-12H2. The van der Waals surface area contributed by atoms with Crippen molar-refractivity contribution in [2.75, 3.05) is 59.0 Å². The second-order valence-electron chi connectivity index (χ2n) is 5.38. The first-order chi connectivity index (χ1) is 9.81. The lowest BCUT2D eigenvalue weighted by atomic mass is 10.1. The van der Waals surface area contributed by atoms with Crippen molar-refractivity contribution < 1.29 is 9.53 Å². The molecule has 1 N–H and O–H groups in total. The number of nitrogens with one attached hydrogen (secondary N) is 1. The largest absolute Gasteiger partial charge is 0.379 e. The lowest BCUT2D eigenvalue weighted by molar-refractivity contribution is -0.135. The molecule has 0 radical (unpaired) electrons. The van der Waals surface area contributed by atoms with Gasteiger partial charge in [-0.1, -0.05) is 0 Å². The molecule has 0 aliphatic carbocycles. The van der Waals surface area contributed by atoms with Gasteiger partial charge in [-0.15, -0.1) is 0 Å². The normalized spacial score (nSPS) is 23.4. The number of carbonyl (C=O) groups excluding carboxylic acids is 1. The molecule has 1 atom stereocenters. The third-order valence-electron chi connectivity index (χ3n) is 4.00. The summed E-state index contributed by atoms with van der Waals surface area (Å²) in [6.07, 6.45) is 1.33. The molecule has 0 aromatic heterocycles. The second-order valence-corrected chi connectivity index (χ2v) is 5.38. The molecule has 0 aromatic carbocycles. The molecule has 0 saturated carbocycles. The first-order valence-electron chi connectivity index (χ1n) is 7.48. The predicted molar refractivity (Wildman–Crippen MR) is 75.0 cm³/mol. The van der Waals surface area contributed by atoms with E-state index in [0.717, 1.165) is 58.9 Å². The molecule has 0 aromatic rings. The van der Waals surface area contributed by atoms with Gasteiger partial charge in [-0.25, -0.2) is 0 Å². The maximum Gasteiger partial charge on any atom is 0.227 e. The Kier molecular flexibility index (Phi) is 6.25. The Morgan fingerprint density at radius 1 is 1.40 bits per heavy atom. The van der Waals surface area contributed by atoms with Gasteiger partial charge in [-0.2, -0.15) is 5.26 Å². The van der Waals surface area contributed by atoms with Crippen molar-refractivity contribution in [1.29, 1.82) is 5.26 Å². The highest BCUT2D eigenvalue weighted by Crippen LogP contribution is 2.12. The minimum atomic E-state index is 0.0957. The molecule has 0 bridgehead atoms. The topological polar surface area (TPSA) is 68.6 Å². The summed E-state index contributed by atoms with van der Waals surface area (Å²) in [5, 5.41) is 12.0. The smallest absolute Gasteiger partial charge is 0.227 e. The highest BCUT2D eigenvalue weighted by molar-refractivity contribution is 5.79. The van der Waals surface area contributed by atoms with Crippen molar-refractivity contribution in [1.82, 2.24) is 15.1 Å². The van der Waals surface area contributed by atoms with E-state index in [2.05, 4.69) is 16.3 Å². The van der Waals surface area contributed by atoms with Crippen LogP contribution in [-0.4, -0.2) is 74.7 Å². The SMILES string of the molecule is N#CCCN(CCN1CCOCC1)C(=O)C1CCNC1. The van der Waals surface area contributed by atoms with Gasteiger partial charge in [-0.3, -0.25) is 9.69 Å². The van der Waals surface area contributed by atoms with E-state index in [1.807, 2.05) is 4.90 Å². The number of ether oxygens (including phenoxy) is 1. The van der Waals surface area contributed by atoms with E-state index in [0.29, 0.717) is 13.0 Å². The molecular weight excluding hydrogens is 256 g/mol. The van der Waals surface area contributed by atoms with Crippen LogP contribution >= 0.6 is 0 Å². The average molecular weight is 280 g/mol. The van der Waals surface area contributed by atoms with Crippen LogP contribution in [0.1, 0.15) is 12.8 Å². The Bertz CT molecular complexity index is 344. The number of hydrogen-bond donors (Lipinski definition) is 1. The fraction of sp³-hybridized carbons (Fsp3) is 0.857. The molecule has 1 unspecified atom stereocenters. The van der Waals surface area contributed by atoms with Gasteiger partial charge >= 0.3 is 0 Å². The average Bonchev–Trinajstić information content (AvgIpc) is 3.02. The fourth-order valence-corrected chi connectivity index (χ4v) is 2.73. The molecule has 6 heteroatoms. The number of nitriles is 1. The Morgan fingerprint density at radius 3 is 2.85 bits per heavy atom. The van der Waals surface area contributed by atoms with Crippen molar-refractivity contribution in [3.63, 3.8) is 0 Å². The van der Waals surface area contributed by atoms with E-state index in [9.17, 15) is 4.79 Å². The van der Waals surface area contributed by atoms with Crippen molar-refractivity contribution in [2.24, 2.45) is 5.92 Å². The fourth-order valence-electron chi connectivity index (χ4n) is 2.73. The lowest BCUT2D eigenvalue weighted by Crippen LogP contribution is -2.45. The molecule has 0 spiro atoms.